The largest absolute Gasteiger partial charge is 0.446 e. The molecule has 1 aliphatic carbocycles. The molecule has 1 N–H and O–H groups in total. The van der Waals surface area contributed by atoms with Gasteiger partial charge in [-0.05, 0) is 31.6 Å². The van der Waals surface area contributed by atoms with Crippen LogP contribution in [-0.4, -0.2) is 41.9 Å². The van der Waals surface area contributed by atoms with Crippen LogP contribution in [0.1, 0.15) is 25.7 Å². The van der Waals surface area contributed by atoms with Crippen LogP contribution < -0.4 is 0 Å². The van der Waals surface area contributed by atoms with Gasteiger partial charge in [0, 0.05) is 19.7 Å². The van der Waals surface area contributed by atoms with Crippen molar-refractivity contribution in [3.63, 3.8) is 0 Å². The van der Waals surface area contributed by atoms with Crippen molar-refractivity contribution >= 4 is 6.09 Å². The zero-order chi connectivity index (χ0) is 9.97. The Morgan fingerprint density at radius 3 is 2.43 bits per heavy atom. The maximum absolute atomic E-state index is 11.5. The maximum atomic E-state index is 11.5. The third kappa shape index (κ3) is 2.38. The first kappa shape index (κ1) is 9.77. The van der Waals surface area contributed by atoms with Gasteiger partial charge in [0.25, 0.3) is 0 Å². The van der Waals surface area contributed by atoms with Gasteiger partial charge in [0.05, 0.1) is 0 Å². The quantitative estimate of drug-likeness (QED) is 0.721. The van der Waals surface area contributed by atoms with E-state index in [0.29, 0.717) is 5.92 Å². The van der Waals surface area contributed by atoms with Crippen LogP contribution in [0, 0.1) is 5.92 Å². The number of piperidine rings is 1. The van der Waals surface area contributed by atoms with E-state index in [1.165, 1.54) is 0 Å². The molecule has 0 aromatic carbocycles. The van der Waals surface area contributed by atoms with Crippen LogP contribution in [0.25, 0.3) is 0 Å². The van der Waals surface area contributed by atoms with E-state index >= 15 is 0 Å². The molecule has 80 valence electrons. The van der Waals surface area contributed by atoms with Crippen LogP contribution >= 0.6 is 0 Å². The van der Waals surface area contributed by atoms with Crippen molar-refractivity contribution in [2.45, 2.75) is 31.8 Å². The number of carbonyl (C=O) groups excluding carboxylic acids is 1. The van der Waals surface area contributed by atoms with Gasteiger partial charge in [-0.1, -0.05) is 0 Å². The first-order valence-corrected chi connectivity index (χ1v) is 5.36. The molecule has 0 atom stereocenters. The molecule has 1 saturated carbocycles. The van der Waals surface area contributed by atoms with Crippen LogP contribution in [0.15, 0.2) is 0 Å². The molecule has 4 heteroatoms. The minimum Gasteiger partial charge on any atom is -0.446 e. The van der Waals surface area contributed by atoms with Crippen molar-refractivity contribution in [3.05, 3.63) is 0 Å². The Bertz CT molecular complexity index is 207. The molecule has 1 heterocycles. The summed E-state index contributed by atoms with van der Waals surface area (Å²) >= 11 is 0. The lowest BCUT2D eigenvalue weighted by Gasteiger charge is -2.30. The zero-order valence-electron chi connectivity index (χ0n) is 8.32. The predicted octanol–water partition coefficient (Wildman–Crippen LogP) is 0.990. The molecule has 2 rings (SSSR count). The van der Waals surface area contributed by atoms with Crippen LogP contribution in [0.5, 0.6) is 0 Å². The van der Waals surface area contributed by atoms with E-state index in [9.17, 15) is 4.79 Å². The normalized spacial score (nSPS) is 23.6. The summed E-state index contributed by atoms with van der Waals surface area (Å²) in [6, 6.07) is 0. The fourth-order valence-electron chi connectivity index (χ4n) is 1.70. The van der Waals surface area contributed by atoms with E-state index in [2.05, 4.69) is 0 Å². The second-order valence-electron chi connectivity index (χ2n) is 4.20. The molecule has 0 aromatic heterocycles. The number of hydrogen-bond donors (Lipinski definition) is 1. The van der Waals surface area contributed by atoms with E-state index in [1.54, 1.807) is 4.90 Å². The molecular weight excluding hydrogens is 182 g/mol. The first-order chi connectivity index (χ1) is 6.79. The van der Waals surface area contributed by atoms with Crippen LogP contribution in [0.3, 0.4) is 0 Å². The third-order valence-electron chi connectivity index (χ3n) is 2.92. The van der Waals surface area contributed by atoms with E-state index < -0.39 is 0 Å². The monoisotopic (exact) mass is 199 g/mol. The summed E-state index contributed by atoms with van der Waals surface area (Å²) in [5, 5.41) is 8.94. The minimum absolute atomic E-state index is 0.163. The van der Waals surface area contributed by atoms with Gasteiger partial charge >= 0.3 is 6.09 Å². The summed E-state index contributed by atoms with van der Waals surface area (Å²) in [5.41, 5.74) is 0. The van der Waals surface area contributed by atoms with Gasteiger partial charge in [0.15, 0.2) is 0 Å². The summed E-state index contributed by atoms with van der Waals surface area (Å²) in [4.78, 5) is 13.2. The second-order valence-corrected chi connectivity index (χ2v) is 4.20. The molecule has 0 radical (unpaired) electrons. The van der Waals surface area contributed by atoms with Gasteiger partial charge in [-0.25, -0.2) is 4.79 Å². The SMILES string of the molecule is O=C(OC1CC1)N1CCC(CO)CC1. The molecule has 2 fully saturated rings. The lowest BCUT2D eigenvalue weighted by Crippen LogP contribution is -2.39. The summed E-state index contributed by atoms with van der Waals surface area (Å²) in [6.07, 6.45) is 3.88. The second kappa shape index (κ2) is 4.17. The zero-order valence-corrected chi connectivity index (χ0v) is 8.32. The van der Waals surface area contributed by atoms with Gasteiger partial charge in [-0.2, -0.15) is 0 Å². The topological polar surface area (TPSA) is 49.8 Å². The van der Waals surface area contributed by atoms with Crippen molar-refractivity contribution in [1.29, 1.82) is 0 Å². The molecule has 0 spiro atoms. The summed E-state index contributed by atoms with van der Waals surface area (Å²) in [5.74, 6) is 0.375. The highest BCUT2D eigenvalue weighted by Crippen LogP contribution is 2.25. The van der Waals surface area contributed by atoms with E-state index in [4.69, 9.17) is 9.84 Å². The fourth-order valence-corrected chi connectivity index (χ4v) is 1.70. The molecule has 0 bridgehead atoms. The van der Waals surface area contributed by atoms with E-state index in [0.717, 1.165) is 38.8 Å². The molecule has 4 nitrogen and oxygen atoms in total. The summed E-state index contributed by atoms with van der Waals surface area (Å²) < 4.78 is 5.19. The van der Waals surface area contributed by atoms with Crippen molar-refractivity contribution in [2.75, 3.05) is 19.7 Å². The lowest BCUT2D eigenvalue weighted by molar-refractivity contribution is 0.0739. The van der Waals surface area contributed by atoms with Crippen molar-refractivity contribution in [3.8, 4) is 0 Å². The molecule has 0 unspecified atom stereocenters. The predicted molar refractivity (Wildman–Crippen MR) is 50.9 cm³/mol. The van der Waals surface area contributed by atoms with Gasteiger partial charge in [0.1, 0.15) is 6.10 Å². The van der Waals surface area contributed by atoms with Crippen molar-refractivity contribution in [2.24, 2.45) is 5.92 Å². The third-order valence-corrected chi connectivity index (χ3v) is 2.92. The number of likely N-dealkylation sites (tertiary alicyclic amines) is 1. The molecule has 1 amide bonds. The number of ether oxygens (including phenoxy) is 1. The molecule has 2 aliphatic rings. The van der Waals surface area contributed by atoms with Crippen molar-refractivity contribution in [1.82, 2.24) is 4.90 Å². The number of rotatable bonds is 2. The fraction of sp³-hybridized carbons (Fsp3) is 0.900. The van der Waals surface area contributed by atoms with Crippen LogP contribution in [0.4, 0.5) is 4.79 Å². The highest BCUT2D eigenvalue weighted by Gasteiger charge is 2.30. The molecule has 1 saturated heterocycles. The average Bonchev–Trinajstić information content (AvgIpc) is 3.02. The Morgan fingerprint density at radius 1 is 1.29 bits per heavy atom. The first-order valence-electron chi connectivity index (χ1n) is 5.36. The van der Waals surface area contributed by atoms with Gasteiger partial charge in [0.2, 0.25) is 0 Å². The highest BCUT2D eigenvalue weighted by atomic mass is 16.6. The Hall–Kier alpha value is -0.770. The Labute approximate surface area is 83.8 Å². The number of aliphatic hydroxyl groups excluding tert-OH is 1. The number of carbonyl (C=O) groups is 1. The van der Waals surface area contributed by atoms with E-state index in [-0.39, 0.29) is 18.8 Å². The number of hydrogen-bond acceptors (Lipinski definition) is 3. The number of nitrogens with zero attached hydrogens (tertiary/aromatic N) is 1. The molecule has 14 heavy (non-hydrogen) atoms. The number of amides is 1. The average molecular weight is 199 g/mol. The molecular formula is C10H17NO3. The summed E-state index contributed by atoms with van der Waals surface area (Å²) in [7, 11) is 0. The van der Waals surface area contributed by atoms with Gasteiger partial charge < -0.3 is 14.7 Å². The van der Waals surface area contributed by atoms with Crippen molar-refractivity contribution < 1.29 is 14.6 Å². The standard InChI is InChI=1S/C10H17NO3/c12-7-8-3-5-11(6-4-8)10(13)14-9-1-2-9/h8-9,12H,1-7H2. The lowest BCUT2D eigenvalue weighted by atomic mass is 9.98. The smallest absolute Gasteiger partial charge is 0.410 e. The molecule has 0 aromatic rings. The number of aliphatic hydroxyl groups is 1. The maximum Gasteiger partial charge on any atom is 0.410 e. The Kier molecular flexibility index (Phi) is 2.91. The Morgan fingerprint density at radius 2 is 1.93 bits per heavy atom. The van der Waals surface area contributed by atoms with Gasteiger partial charge in [-0.3, -0.25) is 0 Å². The Balaban J connectivity index is 1.73. The van der Waals surface area contributed by atoms with Gasteiger partial charge in [-0.15, -0.1) is 0 Å². The highest BCUT2D eigenvalue weighted by molar-refractivity contribution is 5.68. The van der Waals surface area contributed by atoms with Crippen LogP contribution in [-0.2, 0) is 4.74 Å². The molecule has 1 aliphatic heterocycles. The van der Waals surface area contributed by atoms with E-state index in [1.807, 2.05) is 0 Å². The summed E-state index contributed by atoms with van der Waals surface area (Å²) in [6.45, 7) is 1.71. The minimum atomic E-state index is -0.163. The van der Waals surface area contributed by atoms with Crippen LogP contribution in [0.2, 0.25) is 0 Å².